The second kappa shape index (κ2) is 13.6. The summed E-state index contributed by atoms with van der Waals surface area (Å²) in [6.07, 6.45) is 0.856. The van der Waals surface area contributed by atoms with Crippen molar-refractivity contribution in [1.29, 1.82) is 0 Å². The Labute approximate surface area is 272 Å². The van der Waals surface area contributed by atoms with E-state index >= 15 is 0 Å². The molecule has 1 amide bonds. The van der Waals surface area contributed by atoms with Crippen LogP contribution in [0.2, 0.25) is 10.0 Å². The van der Waals surface area contributed by atoms with Crippen LogP contribution < -0.4 is 14.4 Å². The van der Waals surface area contributed by atoms with Crippen LogP contribution >= 0.6 is 46.3 Å². The number of carbonyl (C=O) groups is 2. The summed E-state index contributed by atoms with van der Waals surface area (Å²) in [4.78, 5) is 28.6. The molecule has 44 heavy (non-hydrogen) atoms. The maximum absolute atomic E-state index is 13.7. The lowest BCUT2D eigenvalue weighted by Crippen LogP contribution is -2.31. The van der Waals surface area contributed by atoms with E-state index < -0.39 is 23.5 Å². The van der Waals surface area contributed by atoms with Crippen LogP contribution in [-0.4, -0.2) is 40.7 Å². The van der Waals surface area contributed by atoms with Crippen LogP contribution in [0.1, 0.15) is 53.8 Å². The number of carbonyl (C=O) groups excluding carboxylic acids is 2. The fraction of sp³-hybridized carbons (Fsp3) is 0.290. The van der Waals surface area contributed by atoms with E-state index in [9.17, 15) is 14.7 Å². The SMILES string of the molecule is COc1cc(C2C(C(=O)c3ccc(C)o3)=C(O)C(=O)N2c2nnc(SCc3ccc(Cl)cc3Cl)s2)ccc1OCCC(C)C. The molecule has 0 saturated carbocycles. The maximum atomic E-state index is 13.7. The first-order valence-corrected chi connectivity index (χ1v) is 16.2. The maximum Gasteiger partial charge on any atom is 0.296 e. The smallest absolute Gasteiger partial charge is 0.296 e. The van der Waals surface area contributed by atoms with Gasteiger partial charge in [-0.1, -0.05) is 72.3 Å². The molecule has 1 N–H and O–H groups in total. The zero-order chi connectivity index (χ0) is 31.5. The number of anilines is 1. The molecule has 0 bridgehead atoms. The lowest BCUT2D eigenvalue weighted by Gasteiger charge is -2.24. The van der Waals surface area contributed by atoms with Gasteiger partial charge in [0, 0.05) is 15.8 Å². The number of aliphatic hydroxyl groups excluding tert-OH is 1. The average molecular weight is 675 g/mol. The first kappa shape index (κ1) is 31.9. The number of ketones is 1. The molecule has 0 aliphatic carbocycles. The van der Waals surface area contributed by atoms with Gasteiger partial charge in [-0.2, -0.15) is 0 Å². The van der Waals surface area contributed by atoms with Crippen molar-refractivity contribution < 1.29 is 28.6 Å². The molecular weight excluding hydrogens is 645 g/mol. The molecular formula is C31H29Cl2N3O6S2. The van der Waals surface area contributed by atoms with Gasteiger partial charge in [-0.3, -0.25) is 14.5 Å². The zero-order valence-electron chi connectivity index (χ0n) is 24.3. The highest BCUT2D eigenvalue weighted by molar-refractivity contribution is 8.00. The van der Waals surface area contributed by atoms with Crippen LogP contribution in [0, 0.1) is 12.8 Å². The topological polar surface area (TPSA) is 115 Å². The number of methoxy groups -OCH3 is 1. The summed E-state index contributed by atoms with van der Waals surface area (Å²) in [5.74, 6) is 0.300. The molecule has 2 aromatic heterocycles. The Balaban J connectivity index is 1.50. The Morgan fingerprint density at radius 3 is 2.61 bits per heavy atom. The van der Waals surface area contributed by atoms with Gasteiger partial charge >= 0.3 is 0 Å². The summed E-state index contributed by atoms with van der Waals surface area (Å²) in [7, 11) is 1.51. The van der Waals surface area contributed by atoms with E-state index in [0.717, 1.165) is 23.3 Å². The van der Waals surface area contributed by atoms with Gasteiger partial charge in [0.25, 0.3) is 5.91 Å². The molecule has 3 heterocycles. The van der Waals surface area contributed by atoms with Crippen molar-refractivity contribution in [2.45, 2.75) is 43.3 Å². The number of hydrogen-bond acceptors (Lipinski definition) is 10. The first-order chi connectivity index (χ1) is 21.1. The van der Waals surface area contributed by atoms with Crippen molar-refractivity contribution in [2.24, 2.45) is 5.92 Å². The number of ether oxygens (including phenoxy) is 2. The van der Waals surface area contributed by atoms with Gasteiger partial charge < -0.3 is 19.0 Å². The minimum atomic E-state index is -1.05. The molecule has 0 saturated heterocycles. The fourth-order valence-corrected chi connectivity index (χ4v) is 6.98. The number of rotatable bonds is 12. The molecule has 9 nitrogen and oxygen atoms in total. The number of aliphatic hydroxyl groups is 1. The van der Waals surface area contributed by atoms with Crippen LogP contribution in [-0.2, 0) is 10.5 Å². The molecule has 2 aromatic carbocycles. The number of aromatic nitrogens is 2. The average Bonchev–Trinajstić information content (AvgIpc) is 3.70. The van der Waals surface area contributed by atoms with Crippen LogP contribution in [0.15, 0.2) is 68.6 Å². The van der Waals surface area contributed by atoms with Crippen LogP contribution in [0.3, 0.4) is 0 Å². The standard InChI is InChI=1S/C31H29Cl2N3O6S2/c1-16(2)11-12-41-22-10-7-18(13-24(22)40-4)26-25(27(37)23-9-5-17(3)42-23)28(38)29(39)36(26)30-34-35-31(44-30)43-15-19-6-8-20(32)14-21(19)33/h5-10,13-14,16,26,38H,11-12,15H2,1-4H3. The number of nitrogens with zero attached hydrogens (tertiary/aromatic N) is 3. The van der Waals surface area contributed by atoms with E-state index in [4.69, 9.17) is 37.1 Å². The summed E-state index contributed by atoms with van der Waals surface area (Å²) < 4.78 is 17.7. The number of halogens is 2. The van der Waals surface area contributed by atoms with E-state index in [2.05, 4.69) is 24.0 Å². The third-order valence-corrected chi connectivity index (χ3v) is 9.53. The molecule has 13 heteroatoms. The van der Waals surface area contributed by atoms with Gasteiger partial charge in [0.2, 0.25) is 10.9 Å². The van der Waals surface area contributed by atoms with Crippen molar-refractivity contribution >= 4 is 63.1 Å². The number of hydrogen-bond donors (Lipinski definition) is 1. The second-order valence-electron chi connectivity index (χ2n) is 10.4. The van der Waals surface area contributed by atoms with E-state index in [1.807, 2.05) is 6.07 Å². The van der Waals surface area contributed by atoms with Crippen LogP contribution in [0.5, 0.6) is 11.5 Å². The lowest BCUT2D eigenvalue weighted by molar-refractivity contribution is -0.117. The number of benzene rings is 2. The fourth-order valence-electron chi connectivity index (χ4n) is 4.55. The van der Waals surface area contributed by atoms with E-state index in [1.165, 1.54) is 29.8 Å². The van der Waals surface area contributed by atoms with Crippen molar-refractivity contribution in [1.82, 2.24) is 10.2 Å². The molecule has 230 valence electrons. The van der Waals surface area contributed by atoms with Gasteiger partial charge in [-0.15, -0.1) is 10.2 Å². The van der Waals surface area contributed by atoms with Gasteiger partial charge in [0.15, 0.2) is 27.4 Å². The number of aryl methyl sites for hydroxylation is 1. The molecule has 1 unspecified atom stereocenters. The molecule has 1 aliphatic rings. The van der Waals surface area contributed by atoms with Crippen LogP contribution in [0.4, 0.5) is 5.13 Å². The van der Waals surface area contributed by atoms with E-state index in [-0.39, 0.29) is 16.5 Å². The van der Waals surface area contributed by atoms with Crippen LogP contribution in [0.25, 0.3) is 0 Å². The Morgan fingerprint density at radius 1 is 1.14 bits per heavy atom. The summed E-state index contributed by atoms with van der Waals surface area (Å²) in [5.41, 5.74) is 1.22. The Hall–Kier alpha value is -3.51. The highest BCUT2D eigenvalue weighted by Gasteiger charge is 2.47. The molecule has 0 fully saturated rings. The van der Waals surface area contributed by atoms with Crippen molar-refractivity contribution in [3.63, 3.8) is 0 Å². The number of amides is 1. The minimum Gasteiger partial charge on any atom is -0.503 e. The number of furan rings is 1. The Morgan fingerprint density at radius 2 is 1.93 bits per heavy atom. The largest absolute Gasteiger partial charge is 0.503 e. The molecule has 4 aromatic rings. The highest BCUT2D eigenvalue weighted by atomic mass is 35.5. The highest BCUT2D eigenvalue weighted by Crippen LogP contribution is 2.45. The van der Waals surface area contributed by atoms with Gasteiger partial charge in [-0.05, 0) is 66.8 Å². The van der Waals surface area contributed by atoms with Gasteiger partial charge in [-0.25, -0.2) is 0 Å². The summed E-state index contributed by atoms with van der Waals surface area (Å²) in [6.45, 7) is 6.42. The number of Topliss-reactive ketones (excluding diaryl/α,β-unsaturated/α-hetero) is 1. The van der Waals surface area contributed by atoms with Crippen molar-refractivity contribution in [3.05, 3.63) is 92.6 Å². The molecule has 1 aliphatic heterocycles. The Bertz CT molecular complexity index is 1730. The molecule has 0 radical (unpaired) electrons. The normalized spacial score (nSPS) is 15.0. The first-order valence-electron chi connectivity index (χ1n) is 13.7. The predicted octanol–water partition coefficient (Wildman–Crippen LogP) is 8.26. The lowest BCUT2D eigenvalue weighted by atomic mass is 9.95. The second-order valence-corrected chi connectivity index (χ2v) is 13.4. The predicted molar refractivity (Wildman–Crippen MR) is 172 cm³/mol. The molecule has 1 atom stereocenters. The summed E-state index contributed by atoms with van der Waals surface area (Å²) in [5, 5.41) is 20.9. The number of thioether (sulfide) groups is 1. The van der Waals surface area contributed by atoms with E-state index in [1.54, 1.807) is 43.3 Å². The third-order valence-electron chi connectivity index (χ3n) is 6.84. The van der Waals surface area contributed by atoms with Gasteiger partial charge in [0.05, 0.1) is 25.3 Å². The minimum absolute atomic E-state index is 0.00217. The monoisotopic (exact) mass is 673 g/mol. The molecule has 5 rings (SSSR count). The third kappa shape index (κ3) is 6.76. The van der Waals surface area contributed by atoms with E-state index in [0.29, 0.717) is 55.5 Å². The molecule has 0 spiro atoms. The van der Waals surface area contributed by atoms with Crippen molar-refractivity contribution in [3.8, 4) is 11.5 Å². The summed E-state index contributed by atoms with van der Waals surface area (Å²) in [6, 6.07) is 12.5. The Kier molecular flexibility index (Phi) is 9.89. The van der Waals surface area contributed by atoms with Gasteiger partial charge in [0.1, 0.15) is 5.76 Å². The van der Waals surface area contributed by atoms with Crippen molar-refractivity contribution in [2.75, 3.05) is 18.6 Å². The quantitative estimate of drug-likeness (QED) is 0.0901. The summed E-state index contributed by atoms with van der Waals surface area (Å²) >= 11 is 14.9. The zero-order valence-corrected chi connectivity index (χ0v) is 27.4.